The van der Waals surface area contributed by atoms with E-state index in [1.54, 1.807) is 0 Å². The van der Waals surface area contributed by atoms with Gasteiger partial charge in [0.2, 0.25) is 11.8 Å². The molecule has 4 rings (SSSR count). The predicted molar refractivity (Wildman–Crippen MR) is 98.8 cm³/mol. The number of carbonyl (C=O) groups excluding carboxylic acids is 3. The Kier molecular flexibility index (Phi) is 4.66. The fourth-order valence-corrected chi connectivity index (χ4v) is 5.41. The molecule has 3 amide bonds. The number of piperazine rings is 1. The lowest BCUT2D eigenvalue weighted by Crippen LogP contribution is -2.69. The lowest BCUT2D eigenvalue weighted by Gasteiger charge is -2.47. The molecular weight excluding hydrogens is 372 g/mol. The molecule has 2 aromatic heterocycles. The quantitative estimate of drug-likeness (QED) is 0.489. The van der Waals surface area contributed by atoms with Crippen LogP contribution in [0.25, 0.3) is 10.2 Å². The van der Waals surface area contributed by atoms with Crippen LogP contribution in [0.15, 0.2) is 22.8 Å². The molecule has 1 N–H and O–H groups in total. The number of imide groups is 1. The second-order valence-corrected chi connectivity index (χ2v) is 8.41. The maximum atomic E-state index is 12.9. The molecule has 1 saturated heterocycles. The van der Waals surface area contributed by atoms with Crippen LogP contribution in [0.4, 0.5) is 0 Å². The highest BCUT2D eigenvalue weighted by molar-refractivity contribution is 8.00. The van der Waals surface area contributed by atoms with Crippen molar-refractivity contribution in [1.29, 1.82) is 0 Å². The number of fused-ring (bicyclic) bond motifs is 1. The average Bonchev–Trinajstić information content (AvgIpc) is 3.13. The molecule has 3 heterocycles. The van der Waals surface area contributed by atoms with Gasteiger partial charge in [0.25, 0.3) is 5.91 Å². The Morgan fingerprint density at radius 3 is 2.88 bits per heavy atom. The van der Waals surface area contributed by atoms with Crippen LogP contribution in [-0.2, 0) is 14.4 Å². The second kappa shape index (κ2) is 6.96. The molecule has 136 valence electrons. The summed E-state index contributed by atoms with van der Waals surface area (Å²) in [4.78, 5) is 48.2. The van der Waals surface area contributed by atoms with E-state index in [-0.39, 0.29) is 24.1 Å². The summed E-state index contributed by atoms with van der Waals surface area (Å²) in [5, 5.41) is 6.03. The number of thioether (sulfide) groups is 1. The highest BCUT2D eigenvalue weighted by atomic mass is 32.2. The summed E-state index contributed by atoms with van der Waals surface area (Å²) in [6.45, 7) is -0.0528. The van der Waals surface area contributed by atoms with Crippen LogP contribution in [0.1, 0.15) is 32.1 Å². The molecule has 7 nitrogen and oxygen atoms in total. The van der Waals surface area contributed by atoms with Gasteiger partial charge in [-0.05, 0) is 24.3 Å². The normalized spacial score (nSPS) is 19.8. The van der Waals surface area contributed by atoms with E-state index in [1.807, 2.05) is 11.4 Å². The van der Waals surface area contributed by atoms with Crippen molar-refractivity contribution in [3.8, 4) is 0 Å². The van der Waals surface area contributed by atoms with Crippen molar-refractivity contribution in [2.45, 2.75) is 42.7 Å². The summed E-state index contributed by atoms with van der Waals surface area (Å²) in [5.41, 5.74) is -0.868. The molecule has 1 aliphatic heterocycles. The van der Waals surface area contributed by atoms with Crippen LogP contribution >= 0.6 is 23.1 Å². The van der Waals surface area contributed by atoms with E-state index in [0.717, 1.165) is 34.5 Å². The third-order valence-corrected chi connectivity index (χ3v) is 6.84. The minimum absolute atomic E-state index is 0.0528. The van der Waals surface area contributed by atoms with Gasteiger partial charge in [-0.3, -0.25) is 19.7 Å². The Labute approximate surface area is 158 Å². The summed E-state index contributed by atoms with van der Waals surface area (Å²) in [7, 11) is 0. The Morgan fingerprint density at radius 1 is 1.27 bits per heavy atom. The van der Waals surface area contributed by atoms with Crippen molar-refractivity contribution < 1.29 is 14.4 Å². The van der Waals surface area contributed by atoms with Crippen LogP contribution in [0.3, 0.4) is 0 Å². The molecular formula is C17H18N4O3S2. The molecule has 0 atom stereocenters. The van der Waals surface area contributed by atoms with Crippen molar-refractivity contribution in [3.63, 3.8) is 0 Å². The van der Waals surface area contributed by atoms with Gasteiger partial charge in [0, 0.05) is 5.39 Å². The van der Waals surface area contributed by atoms with Crippen molar-refractivity contribution in [2.75, 3.05) is 12.3 Å². The van der Waals surface area contributed by atoms with Gasteiger partial charge >= 0.3 is 0 Å². The van der Waals surface area contributed by atoms with Crippen LogP contribution in [0, 0.1) is 0 Å². The zero-order valence-corrected chi connectivity index (χ0v) is 15.7. The van der Waals surface area contributed by atoms with Gasteiger partial charge in [0.15, 0.2) is 0 Å². The van der Waals surface area contributed by atoms with Crippen molar-refractivity contribution >= 4 is 51.0 Å². The first-order valence-electron chi connectivity index (χ1n) is 8.56. The Bertz CT molecular complexity index is 876. The first kappa shape index (κ1) is 17.4. The number of rotatable bonds is 3. The fraction of sp³-hybridized carbons (Fsp3) is 0.471. The minimum atomic E-state index is -0.868. The first-order valence-corrected chi connectivity index (χ1v) is 10.4. The number of aromatic nitrogens is 2. The molecule has 0 unspecified atom stereocenters. The molecule has 0 bridgehead atoms. The van der Waals surface area contributed by atoms with E-state index in [0.29, 0.717) is 12.8 Å². The zero-order valence-electron chi connectivity index (χ0n) is 14.1. The molecule has 9 heteroatoms. The lowest BCUT2D eigenvalue weighted by molar-refractivity contribution is -0.158. The topological polar surface area (TPSA) is 92.3 Å². The van der Waals surface area contributed by atoms with Crippen LogP contribution in [0.5, 0.6) is 0 Å². The number of hydrogen-bond acceptors (Lipinski definition) is 7. The van der Waals surface area contributed by atoms with Crippen molar-refractivity contribution in [2.24, 2.45) is 0 Å². The summed E-state index contributed by atoms with van der Waals surface area (Å²) in [6.07, 6.45) is 5.55. The van der Waals surface area contributed by atoms with Crippen LogP contribution in [-0.4, -0.2) is 50.4 Å². The molecule has 1 spiro atoms. The number of hydrogen-bond donors (Lipinski definition) is 1. The average molecular weight is 390 g/mol. The van der Waals surface area contributed by atoms with Crippen LogP contribution in [0.2, 0.25) is 0 Å². The number of thiophene rings is 1. The van der Waals surface area contributed by atoms with Gasteiger partial charge in [0.05, 0.1) is 5.75 Å². The maximum Gasteiger partial charge on any atom is 0.252 e. The Morgan fingerprint density at radius 2 is 2.08 bits per heavy atom. The summed E-state index contributed by atoms with van der Waals surface area (Å²) in [5.74, 6) is -0.785. The Hall–Kier alpha value is -2.00. The largest absolute Gasteiger partial charge is 0.318 e. The van der Waals surface area contributed by atoms with Gasteiger partial charge in [-0.25, -0.2) is 9.97 Å². The summed E-state index contributed by atoms with van der Waals surface area (Å²) in [6, 6.07) is 1.94. The first-order chi connectivity index (χ1) is 12.6. The zero-order chi connectivity index (χ0) is 18.1. The fourth-order valence-electron chi connectivity index (χ4n) is 3.75. The maximum absolute atomic E-state index is 12.9. The van der Waals surface area contributed by atoms with E-state index in [1.165, 1.54) is 34.3 Å². The van der Waals surface area contributed by atoms with E-state index >= 15 is 0 Å². The lowest BCUT2D eigenvalue weighted by atomic mass is 9.78. The monoisotopic (exact) mass is 390 g/mol. The number of carbonyl (C=O) groups is 3. The van der Waals surface area contributed by atoms with Crippen molar-refractivity contribution in [1.82, 2.24) is 20.2 Å². The van der Waals surface area contributed by atoms with Gasteiger partial charge in [-0.2, -0.15) is 0 Å². The third-order valence-electron chi connectivity index (χ3n) is 5.03. The standard InChI is InChI=1S/C17H18N4O3S2/c22-12-8-21(17(16(24)20-12)5-2-1-3-6-17)13(23)9-26-15-11-4-7-25-14(11)18-10-19-15/h4,7,10H,1-3,5-6,8-9H2,(H,20,22,24). The number of nitrogens with one attached hydrogen (secondary N) is 1. The summed E-state index contributed by atoms with van der Waals surface area (Å²) < 4.78 is 0. The highest BCUT2D eigenvalue weighted by Gasteiger charge is 2.50. The molecule has 1 saturated carbocycles. The smallest absolute Gasteiger partial charge is 0.252 e. The second-order valence-electron chi connectivity index (χ2n) is 6.56. The minimum Gasteiger partial charge on any atom is -0.318 e. The Balaban J connectivity index is 1.54. The third kappa shape index (κ3) is 2.99. The van der Waals surface area contributed by atoms with E-state index in [9.17, 15) is 14.4 Å². The van der Waals surface area contributed by atoms with Gasteiger partial charge in [-0.15, -0.1) is 11.3 Å². The number of nitrogens with zero attached hydrogens (tertiary/aromatic N) is 3. The molecule has 26 heavy (non-hydrogen) atoms. The highest BCUT2D eigenvalue weighted by Crippen LogP contribution is 2.36. The number of amides is 3. The molecule has 2 fully saturated rings. The van der Waals surface area contributed by atoms with Crippen molar-refractivity contribution in [3.05, 3.63) is 17.8 Å². The van der Waals surface area contributed by atoms with Gasteiger partial charge in [0.1, 0.15) is 28.3 Å². The molecule has 2 aromatic rings. The van der Waals surface area contributed by atoms with Gasteiger partial charge in [-0.1, -0.05) is 31.0 Å². The SMILES string of the molecule is O=C1CN(C(=O)CSc2ncnc3sccc23)C2(CCCCC2)C(=O)N1. The van der Waals surface area contributed by atoms with E-state index < -0.39 is 11.4 Å². The van der Waals surface area contributed by atoms with E-state index in [4.69, 9.17) is 0 Å². The van der Waals surface area contributed by atoms with Crippen LogP contribution < -0.4 is 5.32 Å². The summed E-state index contributed by atoms with van der Waals surface area (Å²) >= 11 is 2.85. The van der Waals surface area contributed by atoms with E-state index in [2.05, 4.69) is 15.3 Å². The molecule has 0 radical (unpaired) electrons. The van der Waals surface area contributed by atoms with Gasteiger partial charge < -0.3 is 4.90 Å². The molecule has 2 aliphatic rings. The predicted octanol–water partition coefficient (Wildman–Crippen LogP) is 1.97. The molecule has 1 aliphatic carbocycles. The molecule has 0 aromatic carbocycles.